The molecule has 3 unspecified atom stereocenters. The first-order valence-electron chi connectivity index (χ1n) is 14.1. The highest BCUT2D eigenvalue weighted by molar-refractivity contribution is 7.14. The number of piperazine rings is 1. The molecule has 0 radical (unpaired) electrons. The second kappa shape index (κ2) is 9.19. The number of ether oxygens (including phenoxy) is 1. The Labute approximate surface area is 234 Å². The van der Waals surface area contributed by atoms with Gasteiger partial charge in [-0.3, -0.25) is 4.90 Å². The number of phenols is 1. The molecule has 2 N–H and O–H groups in total. The van der Waals surface area contributed by atoms with Crippen molar-refractivity contribution in [3.63, 3.8) is 0 Å². The quantitative estimate of drug-likeness (QED) is 0.363. The minimum Gasteiger partial charge on any atom is -0.508 e. The number of rotatable bonds is 5. The molecule has 4 atom stereocenters. The normalized spacial score (nSPS) is 28.1. The number of aromatic hydroxyl groups is 1. The van der Waals surface area contributed by atoms with Crippen molar-refractivity contribution in [1.29, 1.82) is 0 Å². The van der Waals surface area contributed by atoms with Crippen LogP contribution < -0.4 is 15.0 Å². The fourth-order valence-electron chi connectivity index (χ4n) is 7.42. The Morgan fingerprint density at radius 2 is 2.00 bits per heavy atom. The van der Waals surface area contributed by atoms with Crippen LogP contribution in [0.2, 0.25) is 0 Å². The van der Waals surface area contributed by atoms with Gasteiger partial charge in [0.05, 0.1) is 5.54 Å². The van der Waals surface area contributed by atoms with Gasteiger partial charge in [-0.05, 0) is 67.3 Å². The molecule has 0 amide bonds. The lowest BCUT2D eigenvalue weighted by atomic mass is 9.95. The molecule has 4 aromatic rings. The van der Waals surface area contributed by atoms with Crippen LogP contribution in [-0.4, -0.2) is 80.9 Å². The number of nitrogens with zero attached hydrogens (tertiary/aromatic N) is 5. The number of nitrogens with one attached hydrogen (secondary N) is 1. The Hall–Kier alpha value is -3.15. The van der Waals surface area contributed by atoms with Gasteiger partial charge in [0, 0.05) is 49.1 Å². The summed E-state index contributed by atoms with van der Waals surface area (Å²) in [6, 6.07) is 8.93. The highest BCUT2D eigenvalue weighted by atomic mass is 32.1. The van der Waals surface area contributed by atoms with Crippen LogP contribution in [0.1, 0.15) is 32.1 Å². The molecule has 2 aromatic carbocycles. The van der Waals surface area contributed by atoms with E-state index in [4.69, 9.17) is 19.1 Å². The number of phenolic OH excluding ortho intramolecular Hbond substituents is 1. The molecule has 0 saturated carbocycles. The first-order chi connectivity index (χ1) is 19.5. The van der Waals surface area contributed by atoms with Crippen LogP contribution in [0.4, 0.5) is 14.6 Å². The van der Waals surface area contributed by atoms with Gasteiger partial charge in [-0.15, -0.1) is 0 Å². The topological polar surface area (TPSA) is 86.6 Å². The number of aromatic nitrogens is 3. The molecule has 208 valence electrons. The standard InChI is InChI=1S/C29H30F2N6O2S/c30-17-11-29(7-2-8-37(29)12-17)15-39-28-33-25-24(21-10-20(38)9-16-3-1-4-22(31)23(16)21)35-40-26(25)27(34-28)36-13-18-5-6-19(14-36)32-18/h1,3-4,9-10,17-19,32,38H,2,5-8,11-15H2/t17-,18?,19?,29?/m1/s1. The molecule has 2 aromatic heterocycles. The molecule has 4 aliphatic heterocycles. The minimum atomic E-state index is -0.846. The van der Waals surface area contributed by atoms with Crippen LogP contribution in [-0.2, 0) is 0 Å². The van der Waals surface area contributed by atoms with E-state index in [2.05, 4.69) is 15.1 Å². The van der Waals surface area contributed by atoms with Crippen molar-refractivity contribution in [2.45, 2.75) is 55.9 Å². The van der Waals surface area contributed by atoms with Gasteiger partial charge < -0.3 is 20.1 Å². The lowest BCUT2D eigenvalue weighted by Gasteiger charge is -2.34. The highest BCUT2D eigenvalue weighted by Gasteiger charge is 2.49. The second-order valence-corrected chi connectivity index (χ2v) is 12.6. The third-order valence-electron chi connectivity index (χ3n) is 9.19. The van der Waals surface area contributed by atoms with Gasteiger partial charge in [-0.2, -0.15) is 14.3 Å². The number of hydrogen-bond donors (Lipinski definition) is 2. The average molecular weight is 565 g/mol. The molecule has 4 aliphatic rings. The van der Waals surface area contributed by atoms with Gasteiger partial charge in [0.15, 0.2) is 5.82 Å². The number of anilines is 1. The summed E-state index contributed by atoms with van der Waals surface area (Å²) in [4.78, 5) is 14.2. The summed E-state index contributed by atoms with van der Waals surface area (Å²) in [5.41, 5.74) is 1.21. The van der Waals surface area contributed by atoms with E-state index in [1.54, 1.807) is 24.3 Å². The number of halogens is 2. The maximum atomic E-state index is 15.1. The van der Waals surface area contributed by atoms with Crippen molar-refractivity contribution in [3.8, 4) is 23.0 Å². The maximum Gasteiger partial charge on any atom is 0.319 e. The Morgan fingerprint density at radius 1 is 1.15 bits per heavy atom. The third kappa shape index (κ3) is 3.93. The van der Waals surface area contributed by atoms with E-state index in [0.717, 1.165) is 55.8 Å². The van der Waals surface area contributed by atoms with Crippen molar-refractivity contribution in [2.24, 2.45) is 0 Å². The molecule has 8 nitrogen and oxygen atoms in total. The predicted molar refractivity (Wildman–Crippen MR) is 150 cm³/mol. The van der Waals surface area contributed by atoms with E-state index in [0.29, 0.717) is 59.2 Å². The SMILES string of the molecule is Oc1cc(-c2nsc3c(N4CC5CCC(C4)N5)nc(OCC45CCCN4C[C@H](F)C5)nc23)c2c(F)cccc2c1. The summed E-state index contributed by atoms with van der Waals surface area (Å²) in [5, 5.41) is 15.1. The van der Waals surface area contributed by atoms with Crippen molar-refractivity contribution >= 4 is 38.3 Å². The highest BCUT2D eigenvalue weighted by Crippen LogP contribution is 2.43. The summed E-state index contributed by atoms with van der Waals surface area (Å²) in [5.74, 6) is 0.407. The van der Waals surface area contributed by atoms with Crippen LogP contribution in [0.3, 0.4) is 0 Å². The van der Waals surface area contributed by atoms with Crippen LogP contribution in [0.25, 0.3) is 32.2 Å². The Bertz CT molecular complexity index is 1620. The molecule has 0 aliphatic carbocycles. The largest absolute Gasteiger partial charge is 0.508 e. The molecule has 6 heterocycles. The second-order valence-electron chi connectivity index (χ2n) is 11.8. The summed E-state index contributed by atoms with van der Waals surface area (Å²) in [6.07, 6.45) is 3.79. The molecular weight excluding hydrogens is 534 g/mol. The van der Waals surface area contributed by atoms with Gasteiger partial charge in [0.25, 0.3) is 0 Å². The first kappa shape index (κ1) is 24.6. The van der Waals surface area contributed by atoms with Crippen molar-refractivity contribution < 1.29 is 18.6 Å². The zero-order valence-electron chi connectivity index (χ0n) is 21.9. The Balaban J connectivity index is 1.25. The van der Waals surface area contributed by atoms with Crippen LogP contribution in [0.5, 0.6) is 11.8 Å². The van der Waals surface area contributed by atoms with Gasteiger partial charge in [0.2, 0.25) is 0 Å². The first-order valence-corrected chi connectivity index (χ1v) is 14.9. The summed E-state index contributed by atoms with van der Waals surface area (Å²) in [6.45, 7) is 3.29. The number of fused-ring (bicyclic) bond motifs is 5. The van der Waals surface area contributed by atoms with E-state index in [1.165, 1.54) is 17.6 Å². The van der Waals surface area contributed by atoms with Gasteiger partial charge in [-0.25, -0.2) is 8.78 Å². The number of benzene rings is 2. The van der Waals surface area contributed by atoms with Crippen LogP contribution in [0, 0.1) is 5.82 Å². The Kier molecular flexibility index (Phi) is 5.66. The van der Waals surface area contributed by atoms with Gasteiger partial charge >= 0.3 is 6.01 Å². The molecular formula is C29H30F2N6O2S. The fourth-order valence-corrected chi connectivity index (χ4v) is 8.28. The molecule has 11 heteroatoms. The van der Waals surface area contributed by atoms with E-state index in [9.17, 15) is 9.50 Å². The molecule has 4 saturated heterocycles. The van der Waals surface area contributed by atoms with Crippen LogP contribution >= 0.6 is 11.5 Å². The molecule has 8 rings (SSSR count). The third-order valence-corrected chi connectivity index (χ3v) is 10.0. The van der Waals surface area contributed by atoms with Crippen LogP contribution in [0.15, 0.2) is 30.3 Å². The van der Waals surface area contributed by atoms with E-state index in [1.807, 2.05) is 0 Å². The van der Waals surface area contributed by atoms with E-state index >= 15 is 4.39 Å². The fraction of sp³-hybridized carbons (Fsp3) is 0.483. The zero-order valence-corrected chi connectivity index (χ0v) is 22.8. The van der Waals surface area contributed by atoms with Crippen molar-refractivity contribution in [3.05, 3.63) is 36.1 Å². The molecule has 0 spiro atoms. The van der Waals surface area contributed by atoms with Gasteiger partial charge in [0.1, 0.15) is 40.3 Å². The number of hydrogen-bond acceptors (Lipinski definition) is 9. The number of alkyl halides is 1. The van der Waals surface area contributed by atoms with Crippen molar-refractivity contribution in [1.82, 2.24) is 24.6 Å². The summed E-state index contributed by atoms with van der Waals surface area (Å²) in [7, 11) is 0. The Morgan fingerprint density at radius 3 is 2.85 bits per heavy atom. The predicted octanol–water partition coefficient (Wildman–Crippen LogP) is 4.65. The molecule has 2 bridgehead atoms. The molecule has 4 fully saturated rings. The van der Waals surface area contributed by atoms with E-state index < -0.39 is 6.17 Å². The minimum absolute atomic E-state index is 0.0288. The van der Waals surface area contributed by atoms with Gasteiger partial charge in [-0.1, -0.05) is 12.1 Å². The van der Waals surface area contributed by atoms with E-state index in [-0.39, 0.29) is 23.1 Å². The average Bonchev–Trinajstić information content (AvgIpc) is 3.68. The summed E-state index contributed by atoms with van der Waals surface area (Å²) >= 11 is 1.28. The monoisotopic (exact) mass is 564 g/mol. The zero-order chi connectivity index (χ0) is 27.0. The lowest BCUT2D eigenvalue weighted by molar-refractivity contribution is 0.107. The lowest BCUT2D eigenvalue weighted by Crippen LogP contribution is -2.51. The van der Waals surface area contributed by atoms with Crippen molar-refractivity contribution in [2.75, 3.05) is 37.7 Å². The molecule has 40 heavy (non-hydrogen) atoms. The smallest absolute Gasteiger partial charge is 0.319 e. The maximum absolute atomic E-state index is 15.1. The summed E-state index contributed by atoms with van der Waals surface area (Å²) < 4.78 is 41.4.